The Hall–Kier alpha value is -1.52. The molecule has 0 saturated carbocycles. The lowest BCUT2D eigenvalue weighted by molar-refractivity contribution is -0.0496. The lowest BCUT2D eigenvalue weighted by atomic mass is 9.98. The number of benzene rings is 1. The van der Waals surface area contributed by atoms with E-state index in [9.17, 15) is 21.6 Å². The normalized spacial score (nSPS) is 17.5. The fourth-order valence-electron chi connectivity index (χ4n) is 2.98. The average molecular weight is 441 g/mol. The van der Waals surface area contributed by atoms with Crippen molar-refractivity contribution >= 4 is 27.6 Å². The van der Waals surface area contributed by atoms with E-state index in [1.165, 1.54) is 0 Å². The molecule has 1 aliphatic rings. The van der Waals surface area contributed by atoms with Gasteiger partial charge in [0, 0.05) is 38.2 Å². The van der Waals surface area contributed by atoms with Gasteiger partial charge in [-0.2, -0.15) is 17.5 Å². The van der Waals surface area contributed by atoms with Crippen molar-refractivity contribution in [2.24, 2.45) is 10.9 Å². The molecule has 11 heteroatoms. The molecule has 0 aliphatic carbocycles. The zero-order chi connectivity index (χ0) is 20.8. The Balaban J connectivity index is 1.74. The number of halogens is 4. The average Bonchev–Trinajstić information content (AvgIpc) is 2.65. The summed E-state index contributed by atoms with van der Waals surface area (Å²) in [5.74, 6) is 0.652. The van der Waals surface area contributed by atoms with Crippen LogP contribution in [-0.4, -0.2) is 57.4 Å². The van der Waals surface area contributed by atoms with Crippen LogP contribution in [0, 0.1) is 5.92 Å². The molecule has 0 radical (unpaired) electrons. The van der Waals surface area contributed by atoms with E-state index in [1.54, 1.807) is 7.05 Å². The molecule has 1 heterocycles. The molecule has 0 aromatic heterocycles. The van der Waals surface area contributed by atoms with Crippen LogP contribution in [0.15, 0.2) is 29.3 Å². The van der Waals surface area contributed by atoms with Crippen LogP contribution < -0.4 is 10.6 Å². The number of aliphatic imine (C=N–C) groups is 1. The number of hydrogen-bond acceptors (Lipinski definition) is 3. The van der Waals surface area contributed by atoms with Crippen molar-refractivity contribution in [3.63, 3.8) is 0 Å². The number of sulfonamides is 1. The number of alkyl halides is 3. The molecule has 0 amide bonds. The third-order valence-corrected chi connectivity index (χ3v) is 6.63. The van der Waals surface area contributed by atoms with Crippen LogP contribution in [0.25, 0.3) is 0 Å². The number of nitrogens with one attached hydrogen (secondary N) is 2. The second-order valence-electron chi connectivity index (χ2n) is 6.51. The van der Waals surface area contributed by atoms with Crippen molar-refractivity contribution in [3.8, 4) is 0 Å². The van der Waals surface area contributed by atoms with Crippen molar-refractivity contribution in [1.82, 2.24) is 14.9 Å². The molecule has 6 nitrogen and oxygen atoms in total. The molecule has 0 bridgehead atoms. The van der Waals surface area contributed by atoms with Crippen LogP contribution in [0.5, 0.6) is 0 Å². The number of hydrogen-bond donors (Lipinski definition) is 2. The molecule has 1 aromatic rings. The Bertz CT molecular complexity index is 779. The summed E-state index contributed by atoms with van der Waals surface area (Å²) in [4.78, 5) is 4.12. The molecule has 0 atom stereocenters. The predicted octanol–water partition coefficient (Wildman–Crippen LogP) is 2.61. The molecule has 158 valence electrons. The van der Waals surface area contributed by atoms with Gasteiger partial charge in [-0.05, 0) is 36.8 Å². The van der Waals surface area contributed by atoms with E-state index in [1.807, 2.05) is 24.3 Å². The van der Waals surface area contributed by atoms with Gasteiger partial charge in [0.25, 0.3) is 0 Å². The molecule has 2 N–H and O–H groups in total. The van der Waals surface area contributed by atoms with Crippen molar-refractivity contribution in [3.05, 3.63) is 34.9 Å². The first-order valence-electron chi connectivity index (χ1n) is 8.89. The molecular weight excluding hydrogens is 417 g/mol. The topological polar surface area (TPSA) is 73.8 Å². The standard InChI is InChI=1S/C17H24ClF3N4O2S/c1-22-16(23-9-6-14-4-2-3-5-15(14)18)24-12-13-7-10-25(11-8-13)28(26,27)17(19,20)21/h2-5,13H,6-12H2,1H3,(H2,22,23,24). The lowest BCUT2D eigenvalue weighted by Gasteiger charge is -2.31. The minimum Gasteiger partial charge on any atom is -0.356 e. The Morgan fingerprint density at radius 1 is 1.25 bits per heavy atom. The molecule has 0 unspecified atom stereocenters. The first kappa shape index (κ1) is 22.8. The Morgan fingerprint density at radius 2 is 1.89 bits per heavy atom. The summed E-state index contributed by atoms with van der Waals surface area (Å²) >= 11 is 6.12. The lowest BCUT2D eigenvalue weighted by Crippen LogP contribution is -2.47. The van der Waals surface area contributed by atoms with Crippen LogP contribution in [0.1, 0.15) is 18.4 Å². The van der Waals surface area contributed by atoms with Crippen molar-refractivity contribution in [2.45, 2.75) is 24.8 Å². The van der Waals surface area contributed by atoms with Gasteiger partial charge in [-0.3, -0.25) is 4.99 Å². The molecule has 1 fully saturated rings. The third-order valence-electron chi connectivity index (χ3n) is 4.63. The number of nitrogens with zero attached hydrogens (tertiary/aromatic N) is 2. The molecular formula is C17H24ClF3N4O2S. The monoisotopic (exact) mass is 440 g/mol. The van der Waals surface area contributed by atoms with E-state index in [4.69, 9.17) is 11.6 Å². The first-order valence-corrected chi connectivity index (χ1v) is 10.7. The van der Waals surface area contributed by atoms with Crippen molar-refractivity contribution in [1.29, 1.82) is 0 Å². The fraction of sp³-hybridized carbons (Fsp3) is 0.588. The third kappa shape index (κ3) is 5.99. The second-order valence-corrected chi connectivity index (χ2v) is 8.85. The summed E-state index contributed by atoms with van der Waals surface area (Å²) in [6, 6.07) is 7.56. The molecule has 1 aliphatic heterocycles. The summed E-state index contributed by atoms with van der Waals surface area (Å²) in [5.41, 5.74) is -4.23. The van der Waals surface area contributed by atoms with E-state index in [-0.39, 0.29) is 19.0 Å². The maximum absolute atomic E-state index is 12.6. The predicted molar refractivity (Wildman–Crippen MR) is 104 cm³/mol. The maximum atomic E-state index is 12.6. The molecule has 2 rings (SSSR count). The van der Waals surface area contributed by atoms with E-state index in [2.05, 4.69) is 15.6 Å². The smallest absolute Gasteiger partial charge is 0.356 e. The molecule has 28 heavy (non-hydrogen) atoms. The molecule has 1 aromatic carbocycles. The van der Waals surface area contributed by atoms with Gasteiger partial charge in [0.2, 0.25) is 0 Å². The van der Waals surface area contributed by atoms with Crippen LogP contribution >= 0.6 is 11.6 Å². The minimum absolute atomic E-state index is 0.0711. The SMILES string of the molecule is CN=C(NCCc1ccccc1Cl)NCC1CCN(S(=O)(=O)C(F)(F)F)CC1. The van der Waals surface area contributed by atoms with Gasteiger partial charge >= 0.3 is 15.5 Å². The summed E-state index contributed by atoms with van der Waals surface area (Å²) in [5, 5.41) is 7.00. The van der Waals surface area contributed by atoms with Crippen LogP contribution in [0.4, 0.5) is 13.2 Å². The number of piperidine rings is 1. The van der Waals surface area contributed by atoms with Gasteiger partial charge in [0.05, 0.1) is 0 Å². The quantitative estimate of drug-likeness (QED) is 0.527. The van der Waals surface area contributed by atoms with E-state index in [0.717, 1.165) is 5.56 Å². The van der Waals surface area contributed by atoms with E-state index >= 15 is 0 Å². The Labute approximate surface area is 168 Å². The van der Waals surface area contributed by atoms with Gasteiger partial charge in [-0.1, -0.05) is 29.8 Å². The van der Waals surface area contributed by atoms with E-state index in [0.29, 0.717) is 47.6 Å². The van der Waals surface area contributed by atoms with Gasteiger partial charge < -0.3 is 10.6 Å². The summed E-state index contributed by atoms with van der Waals surface area (Å²) in [7, 11) is -3.61. The number of guanidine groups is 1. The molecule has 1 saturated heterocycles. The summed E-state index contributed by atoms with van der Waals surface area (Å²) < 4.78 is 61.2. The highest BCUT2D eigenvalue weighted by Gasteiger charge is 2.50. The summed E-state index contributed by atoms with van der Waals surface area (Å²) in [6.45, 7) is 0.858. The highest BCUT2D eigenvalue weighted by atomic mass is 35.5. The minimum atomic E-state index is -5.24. The Morgan fingerprint density at radius 3 is 2.46 bits per heavy atom. The van der Waals surface area contributed by atoms with Crippen LogP contribution in [-0.2, 0) is 16.4 Å². The largest absolute Gasteiger partial charge is 0.511 e. The van der Waals surface area contributed by atoms with Crippen molar-refractivity contribution < 1.29 is 21.6 Å². The maximum Gasteiger partial charge on any atom is 0.511 e. The van der Waals surface area contributed by atoms with Gasteiger partial charge in [-0.25, -0.2) is 8.42 Å². The van der Waals surface area contributed by atoms with Crippen LogP contribution in [0.2, 0.25) is 5.02 Å². The zero-order valence-electron chi connectivity index (χ0n) is 15.5. The first-order chi connectivity index (χ1) is 13.1. The van der Waals surface area contributed by atoms with Gasteiger partial charge in [-0.15, -0.1) is 0 Å². The fourth-order valence-corrected chi connectivity index (χ4v) is 4.19. The summed E-state index contributed by atoms with van der Waals surface area (Å²) in [6.07, 6.45) is 1.44. The van der Waals surface area contributed by atoms with Gasteiger partial charge in [0.1, 0.15) is 0 Å². The number of rotatable bonds is 6. The Kier molecular flexibility index (Phi) is 7.97. The van der Waals surface area contributed by atoms with Crippen molar-refractivity contribution in [2.75, 3.05) is 33.2 Å². The second kappa shape index (κ2) is 9.80. The van der Waals surface area contributed by atoms with E-state index < -0.39 is 15.5 Å². The van der Waals surface area contributed by atoms with Gasteiger partial charge in [0.15, 0.2) is 5.96 Å². The molecule has 0 spiro atoms. The highest BCUT2D eigenvalue weighted by Crippen LogP contribution is 2.30. The zero-order valence-corrected chi connectivity index (χ0v) is 17.0. The van der Waals surface area contributed by atoms with Crippen LogP contribution in [0.3, 0.4) is 0 Å². The highest BCUT2D eigenvalue weighted by molar-refractivity contribution is 7.90.